The minimum absolute atomic E-state index is 0.0616. The van der Waals surface area contributed by atoms with Crippen molar-refractivity contribution in [3.05, 3.63) is 92.8 Å². The number of aryl methyl sites for hydroxylation is 2. The second-order valence-corrected chi connectivity index (χ2v) is 8.90. The number of hydrogen-bond donors (Lipinski definition) is 2. The van der Waals surface area contributed by atoms with Crippen LogP contribution in [0.5, 0.6) is 0 Å². The Bertz CT molecular complexity index is 1230. The maximum Gasteiger partial charge on any atom is 0.293 e. The molecule has 0 fully saturated rings. The van der Waals surface area contributed by atoms with Gasteiger partial charge in [0.25, 0.3) is 5.56 Å². The normalized spacial score (nSPS) is 11.2. The minimum atomic E-state index is -0.0616. The van der Waals surface area contributed by atoms with Gasteiger partial charge in [-0.25, -0.2) is 4.98 Å². The topological polar surface area (TPSA) is 59.0 Å². The highest BCUT2D eigenvalue weighted by Gasteiger charge is 2.09. The molecule has 2 heterocycles. The number of nitrogens with zero attached hydrogens (tertiary/aromatic N) is 2. The Balaban J connectivity index is 1.34. The fraction of sp³-hybridized carbons (Fsp3) is 0.308. The molecule has 5 nitrogen and oxygen atoms in total. The molecule has 4 rings (SSSR count). The Morgan fingerprint density at radius 2 is 1.91 bits per heavy atom. The number of benzene rings is 2. The van der Waals surface area contributed by atoms with Gasteiger partial charge in [-0.15, -0.1) is 11.3 Å². The molecular formula is C26H30N4OS. The summed E-state index contributed by atoms with van der Waals surface area (Å²) in [5, 5.41) is 10.3. The van der Waals surface area contributed by atoms with Gasteiger partial charge in [0.15, 0.2) is 5.82 Å². The Labute approximate surface area is 193 Å². The molecule has 0 saturated carbocycles. The van der Waals surface area contributed by atoms with Gasteiger partial charge in [0, 0.05) is 42.8 Å². The second-order valence-electron chi connectivity index (χ2n) is 7.99. The van der Waals surface area contributed by atoms with E-state index in [1.54, 1.807) is 22.1 Å². The fourth-order valence-electron chi connectivity index (χ4n) is 3.84. The average Bonchev–Trinajstić information content (AvgIpc) is 3.22. The lowest BCUT2D eigenvalue weighted by atomic mass is 10.1. The summed E-state index contributed by atoms with van der Waals surface area (Å²) >= 11 is 1.79. The Kier molecular flexibility index (Phi) is 7.35. The molecular weight excluding hydrogens is 416 g/mol. The van der Waals surface area contributed by atoms with E-state index < -0.39 is 0 Å². The van der Waals surface area contributed by atoms with Gasteiger partial charge in [0.05, 0.1) is 0 Å². The lowest BCUT2D eigenvalue weighted by Gasteiger charge is -2.13. The van der Waals surface area contributed by atoms with Crippen LogP contribution in [0.4, 0.5) is 5.82 Å². The van der Waals surface area contributed by atoms with Crippen LogP contribution in [0, 0.1) is 6.92 Å². The van der Waals surface area contributed by atoms with Crippen LogP contribution >= 0.6 is 11.3 Å². The van der Waals surface area contributed by atoms with Gasteiger partial charge in [-0.3, -0.25) is 4.79 Å². The van der Waals surface area contributed by atoms with Gasteiger partial charge in [-0.1, -0.05) is 43.3 Å². The third-order valence-electron chi connectivity index (χ3n) is 5.76. The predicted octanol–water partition coefficient (Wildman–Crippen LogP) is 4.77. The smallest absolute Gasteiger partial charge is 0.293 e. The van der Waals surface area contributed by atoms with E-state index in [-0.39, 0.29) is 5.56 Å². The van der Waals surface area contributed by atoms with Crippen molar-refractivity contribution in [2.45, 2.75) is 39.8 Å². The minimum Gasteiger partial charge on any atom is -0.365 e. The molecule has 32 heavy (non-hydrogen) atoms. The average molecular weight is 447 g/mol. The van der Waals surface area contributed by atoms with Crippen LogP contribution in [-0.2, 0) is 25.9 Å². The first-order chi connectivity index (χ1) is 15.7. The first-order valence-electron chi connectivity index (χ1n) is 11.2. The molecule has 0 spiro atoms. The van der Waals surface area contributed by atoms with Crippen LogP contribution in [0.2, 0.25) is 0 Å². The van der Waals surface area contributed by atoms with Gasteiger partial charge in [-0.2, -0.15) is 0 Å². The Morgan fingerprint density at radius 1 is 1.06 bits per heavy atom. The second kappa shape index (κ2) is 10.6. The summed E-state index contributed by atoms with van der Waals surface area (Å²) < 4.78 is 3.12. The monoisotopic (exact) mass is 446 g/mol. The Morgan fingerprint density at radius 3 is 2.72 bits per heavy atom. The van der Waals surface area contributed by atoms with E-state index in [9.17, 15) is 4.79 Å². The first kappa shape index (κ1) is 22.2. The van der Waals surface area contributed by atoms with Crippen molar-refractivity contribution in [1.82, 2.24) is 14.9 Å². The van der Waals surface area contributed by atoms with Gasteiger partial charge in [0.1, 0.15) is 0 Å². The largest absolute Gasteiger partial charge is 0.365 e. The SMILES string of the molecule is CCc1ccc2scc(CNCCn3c(C)cnc(NCCc4ccccc4)c3=O)c2c1. The van der Waals surface area contributed by atoms with Crippen LogP contribution in [0.1, 0.15) is 29.3 Å². The van der Waals surface area contributed by atoms with Crippen LogP contribution in [-0.4, -0.2) is 22.6 Å². The number of aromatic nitrogens is 2. The highest BCUT2D eigenvalue weighted by Crippen LogP contribution is 2.27. The molecule has 0 unspecified atom stereocenters. The summed E-state index contributed by atoms with van der Waals surface area (Å²) in [7, 11) is 0. The van der Waals surface area contributed by atoms with Gasteiger partial charge < -0.3 is 15.2 Å². The zero-order chi connectivity index (χ0) is 22.3. The summed E-state index contributed by atoms with van der Waals surface area (Å²) in [6.45, 7) is 6.93. The highest BCUT2D eigenvalue weighted by molar-refractivity contribution is 7.17. The molecule has 6 heteroatoms. The zero-order valence-corrected chi connectivity index (χ0v) is 19.5. The first-order valence-corrected chi connectivity index (χ1v) is 12.1. The molecule has 2 aromatic heterocycles. The van der Waals surface area contributed by atoms with Crippen molar-refractivity contribution in [3.8, 4) is 0 Å². The van der Waals surface area contributed by atoms with E-state index in [4.69, 9.17) is 0 Å². The molecule has 0 bridgehead atoms. The maximum atomic E-state index is 12.9. The summed E-state index contributed by atoms with van der Waals surface area (Å²) in [5.74, 6) is 0.419. The Hall–Kier alpha value is -2.96. The van der Waals surface area contributed by atoms with E-state index in [0.717, 1.165) is 31.6 Å². The summed E-state index contributed by atoms with van der Waals surface area (Å²) in [4.78, 5) is 17.2. The number of fused-ring (bicyclic) bond motifs is 1. The fourth-order valence-corrected chi connectivity index (χ4v) is 4.78. The van der Waals surface area contributed by atoms with E-state index >= 15 is 0 Å². The van der Waals surface area contributed by atoms with Gasteiger partial charge in [0.2, 0.25) is 0 Å². The number of anilines is 1. The number of hydrogen-bond acceptors (Lipinski definition) is 5. The van der Waals surface area contributed by atoms with E-state index in [0.29, 0.717) is 18.9 Å². The van der Waals surface area contributed by atoms with Crippen molar-refractivity contribution in [2.24, 2.45) is 0 Å². The van der Waals surface area contributed by atoms with Crippen molar-refractivity contribution in [1.29, 1.82) is 0 Å². The van der Waals surface area contributed by atoms with Crippen LogP contribution in [0.3, 0.4) is 0 Å². The lowest BCUT2D eigenvalue weighted by molar-refractivity contribution is 0.574. The van der Waals surface area contributed by atoms with Crippen molar-refractivity contribution >= 4 is 27.2 Å². The third kappa shape index (κ3) is 5.26. The molecule has 4 aromatic rings. The summed E-state index contributed by atoms with van der Waals surface area (Å²) in [6, 6.07) is 17.0. The van der Waals surface area contributed by atoms with Gasteiger partial charge in [-0.05, 0) is 59.4 Å². The molecule has 166 valence electrons. The zero-order valence-electron chi connectivity index (χ0n) is 18.7. The molecule has 2 N–H and O–H groups in total. The van der Waals surface area contributed by atoms with Gasteiger partial charge >= 0.3 is 0 Å². The molecule has 0 aliphatic rings. The molecule has 0 aliphatic carbocycles. The standard InChI is InChI=1S/C26H30N4OS/c1-3-20-9-10-24-23(15-20)22(18-32-24)17-27-13-14-30-19(2)16-29-25(26(30)31)28-12-11-21-7-5-4-6-8-21/h4-10,15-16,18,27H,3,11-14,17H2,1-2H3,(H,28,29). The van der Waals surface area contributed by atoms with E-state index in [1.807, 2.05) is 25.1 Å². The highest BCUT2D eigenvalue weighted by atomic mass is 32.1. The van der Waals surface area contributed by atoms with Crippen molar-refractivity contribution < 1.29 is 0 Å². The van der Waals surface area contributed by atoms with Crippen molar-refractivity contribution in [3.63, 3.8) is 0 Å². The molecule has 2 aromatic carbocycles. The van der Waals surface area contributed by atoms with E-state index in [2.05, 4.69) is 58.3 Å². The quantitative estimate of drug-likeness (QED) is 0.345. The molecule has 0 atom stereocenters. The third-order valence-corrected chi connectivity index (χ3v) is 6.77. The van der Waals surface area contributed by atoms with Crippen LogP contribution in [0.25, 0.3) is 10.1 Å². The number of rotatable bonds is 10. The summed E-state index contributed by atoms with van der Waals surface area (Å²) in [5.41, 5.74) is 4.74. The molecule has 0 radical (unpaired) electrons. The molecule has 0 aliphatic heterocycles. The predicted molar refractivity (Wildman–Crippen MR) is 135 cm³/mol. The van der Waals surface area contributed by atoms with E-state index in [1.165, 1.54) is 26.8 Å². The maximum absolute atomic E-state index is 12.9. The summed E-state index contributed by atoms with van der Waals surface area (Å²) in [6.07, 6.45) is 3.67. The van der Waals surface area contributed by atoms with Crippen LogP contribution in [0.15, 0.2) is 64.9 Å². The number of nitrogens with one attached hydrogen (secondary N) is 2. The lowest BCUT2D eigenvalue weighted by Crippen LogP contribution is -2.31. The van der Waals surface area contributed by atoms with Crippen molar-refractivity contribution in [2.75, 3.05) is 18.4 Å². The molecule has 0 amide bonds. The number of thiophene rings is 1. The van der Waals surface area contributed by atoms with Crippen LogP contribution < -0.4 is 16.2 Å². The molecule has 0 saturated heterocycles.